The first-order chi connectivity index (χ1) is 11.7. The molecule has 5 N–H and O–H groups in total. The van der Waals surface area contributed by atoms with Crippen molar-refractivity contribution in [1.29, 1.82) is 0 Å². The predicted octanol–water partition coefficient (Wildman–Crippen LogP) is 2.13. The third kappa shape index (κ3) is 39.3. The van der Waals surface area contributed by atoms with Crippen LogP contribution in [-0.4, -0.2) is 46.4 Å². The van der Waals surface area contributed by atoms with E-state index in [1.807, 2.05) is 13.8 Å². The van der Waals surface area contributed by atoms with Crippen LogP contribution < -0.4 is 11.1 Å². The van der Waals surface area contributed by atoms with Crippen LogP contribution in [0.2, 0.25) is 0 Å². The van der Waals surface area contributed by atoms with Gasteiger partial charge < -0.3 is 21.3 Å². The first kappa shape index (κ1) is 28.1. The number of hydrogen-bond donors (Lipinski definition) is 4. The van der Waals surface area contributed by atoms with Gasteiger partial charge in [0, 0.05) is 32.2 Å². The molecule has 0 aliphatic carbocycles. The second-order valence-corrected chi connectivity index (χ2v) is 5.41. The predicted molar refractivity (Wildman–Crippen MR) is 96.5 cm³/mol. The van der Waals surface area contributed by atoms with Crippen molar-refractivity contribution in [3.8, 4) is 0 Å². The summed E-state index contributed by atoms with van der Waals surface area (Å²) in [5.41, 5.74) is 5.01. The molecule has 0 aromatic heterocycles. The maximum absolute atomic E-state index is 10.8. The minimum absolute atomic E-state index is 0.00267. The Bertz CT molecular complexity index is 378. The van der Waals surface area contributed by atoms with Crippen molar-refractivity contribution in [2.45, 2.75) is 65.2 Å². The monoisotopic (exact) mass is 382 g/mol. The third-order valence-electron chi connectivity index (χ3n) is 2.41. The Balaban J connectivity index is -0.000000317. The van der Waals surface area contributed by atoms with Gasteiger partial charge in [0.2, 0.25) is 11.1 Å². The first-order valence-corrected chi connectivity index (χ1v) is 8.67. The van der Waals surface area contributed by atoms with Gasteiger partial charge in [-0.05, 0) is 43.8 Å². The van der Waals surface area contributed by atoms with E-state index in [0.717, 1.165) is 12.8 Å². The number of halogens is 1. The van der Waals surface area contributed by atoms with E-state index in [9.17, 15) is 19.2 Å². The average molecular weight is 383 g/mol. The molecule has 8 nitrogen and oxygen atoms in total. The lowest BCUT2D eigenvalue weighted by Crippen LogP contribution is -2.24. The normalized spacial score (nSPS) is 8.96. The van der Waals surface area contributed by atoms with Crippen LogP contribution in [0.5, 0.6) is 0 Å². The molecule has 0 spiro atoms. The Kier molecular flexibility index (Phi) is 25.1. The zero-order valence-electron chi connectivity index (χ0n) is 15.1. The van der Waals surface area contributed by atoms with Crippen molar-refractivity contribution in [3.05, 3.63) is 0 Å². The fourth-order valence-corrected chi connectivity index (χ4v) is 1.42. The van der Waals surface area contributed by atoms with Gasteiger partial charge in [-0.25, -0.2) is 0 Å². The number of aliphatic carboxylic acids is 2. The minimum Gasteiger partial charge on any atom is -0.481 e. The molecule has 0 heterocycles. The quantitative estimate of drug-likeness (QED) is 0.316. The lowest BCUT2D eigenvalue weighted by molar-refractivity contribution is -0.138. The molecule has 0 radical (unpaired) electrons. The second kappa shape index (κ2) is 22.3. The smallest absolute Gasteiger partial charge is 0.303 e. The van der Waals surface area contributed by atoms with Gasteiger partial charge in [0.05, 0.1) is 0 Å². The molecule has 0 atom stereocenters. The number of amides is 1. The van der Waals surface area contributed by atoms with E-state index in [-0.39, 0.29) is 24.0 Å². The van der Waals surface area contributed by atoms with Crippen molar-refractivity contribution in [1.82, 2.24) is 5.32 Å². The standard InChI is InChI=1S/C8H15NO3.C4H7ClO.C4H9NO2/c1-2-4-7(10)9-6-3-5-8(11)12;1-2-3-4(5)6;5-3-1-2-4(6)7/h2-6H2,1H3,(H,9,10)(H,11,12);2-3H2,1H3;1-3,5H2,(H,6,7). The van der Waals surface area contributed by atoms with E-state index in [4.69, 9.17) is 27.5 Å². The molecular weight excluding hydrogens is 352 g/mol. The zero-order chi connectivity index (χ0) is 20.1. The number of hydrogen-bond acceptors (Lipinski definition) is 5. The van der Waals surface area contributed by atoms with Crippen LogP contribution in [0.1, 0.15) is 65.2 Å². The Hall–Kier alpha value is -1.67. The lowest BCUT2D eigenvalue weighted by atomic mass is 10.3. The number of nitrogens with two attached hydrogens (primary N) is 1. The van der Waals surface area contributed by atoms with Crippen molar-refractivity contribution < 1.29 is 29.4 Å². The van der Waals surface area contributed by atoms with Crippen molar-refractivity contribution >= 4 is 34.7 Å². The number of rotatable bonds is 11. The Morgan fingerprint density at radius 1 is 0.880 bits per heavy atom. The van der Waals surface area contributed by atoms with Gasteiger partial charge in [-0.3, -0.25) is 19.2 Å². The van der Waals surface area contributed by atoms with Gasteiger partial charge in [0.15, 0.2) is 0 Å². The summed E-state index contributed by atoms with van der Waals surface area (Å²) in [6.07, 6.45) is 4.09. The van der Waals surface area contributed by atoms with E-state index in [1.54, 1.807) is 0 Å². The van der Waals surface area contributed by atoms with Crippen molar-refractivity contribution in [3.63, 3.8) is 0 Å². The van der Waals surface area contributed by atoms with Crippen LogP contribution in [0.15, 0.2) is 0 Å². The van der Waals surface area contributed by atoms with Gasteiger partial charge >= 0.3 is 11.9 Å². The van der Waals surface area contributed by atoms with Gasteiger partial charge in [0.1, 0.15) is 0 Å². The number of carboxylic acid groups (broad SMARTS) is 2. The molecule has 0 rings (SSSR count). The molecule has 0 saturated heterocycles. The first-order valence-electron chi connectivity index (χ1n) is 8.29. The molecule has 0 bridgehead atoms. The van der Waals surface area contributed by atoms with E-state index < -0.39 is 11.9 Å². The van der Waals surface area contributed by atoms with Crippen molar-refractivity contribution in [2.24, 2.45) is 5.73 Å². The summed E-state index contributed by atoms with van der Waals surface area (Å²) < 4.78 is 0. The summed E-state index contributed by atoms with van der Waals surface area (Å²) in [7, 11) is 0. The fraction of sp³-hybridized carbons (Fsp3) is 0.750. The van der Waals surface area contributed by atoms with Gasteiger partial charge in [0.25, 0.3) is 0 Å². The molecule has 9 heteroatoms. The summed E-state index contributed by atoms with van der Waals surface area (Å²) in [6, 6.07) is 0. The highest BCUT2D eigenvalue weighted by molar-refractivity contribution is 6.63. The molecule has 0 fully saturated rings. The van der Waals surface area contributed by atoms with E-state index in [1.165, 1.54) is 0 Å². The minimum atomic E-state index is -0.820. The summed E-state index contributed by atoms with van der Waals surface area (Å²) in [6.45, 7) is 4.77. The molecular formula is C16H31ClN2O6. The molecule has 0 saturated carbocycles. The molecule has 25 heavy (non-hydrogen) atoms. The number of carbonyl (C=O) groups is 4. The van der Waals surface area contributed by atoms with Crippen LogP contribution >= 0.6 is 11.6 Å². The fourth-order valence-electron chi connectivity index (χ4n) is 1.23. The van der Waals surface area contributed by atoms with Crippen LogP contribution in [0.3, 0.4) is 0 Å². The van der Waals surface area contributed by atoms with E-state index in [0.29, 0.717) is 38.8 Å². The second-order valence-electron chi connectivity index (χ2n) is 4.99. The summed E-state index contributed by atoms with van der Waals surface area (Å²) in [5, 5.41) is 18.7. The maximum atomic E-state index is 10.8. The van der Waals surface area contributed by atoms with Crippen LogP contribution in [-0.2, 0) is 19.2 Å². The highest BCUT2D eigenvalue weighted by atomic mass is 35.5. The highest BCUT2D eigenvalue weighted by Crippen LogP contribution is 1.90. The Morgan fingerprint density at radius 2 is 1.36 bits per heavy atom. The average Bonchev–Trinajstić information content (AvgIpc) is 2.51. The summed E-state index contributed by atoms with van der Waals surface area (Å²) in [5.74, 6) is -1.59. The largest absolute Gasteiger partial charge is 0.481 e. The number of carboxylic acids is 2. The maximum Gasteiger partial charge on any atom is 0.303 e. The van der Waals surface area contributed by atoms with E-state index >= 15 is 0 Å². The van der Waals surface area contributed by atoms with Gasteiger partial charge in [-0.2, -0.15) is 0 Å². The Morgan fingerprint density at radius 3 is 1.64 bits per heavy atom. The van der Waals surface area contributed by atoms with Crippen LogP contribution in [0.4, 0.5) is 0 Å². The Labute approximate surface area is 154 Å². The van der Waals surface area contributed by atoms with E-state index in [2.05, 4.69) is 5.32 Å². The van der Waals surface area contributed by atoms with Gasteiger partial charge in [-0.15, -0.1) is 0 Å². The summed E-state index contributed by atoms with van der Waals surface area (Å²) >= 11 is 4.94. The van der Waals surface area contributed by atoms with Crippen LogP contribution in [0, 0.1) is 0 Å². The molecule has 0 unspecified atom stereocenters. The third-order valence-corrected chi connectivity index (χ3v) is 2.60. The van der Waals surface area contributed by atoms with Crippen LogP contribution in [0.25, 0.3) is 0 Å². The number of carbonyl (C=O) groups excluding carboxylic acids is 2. The topological polar surface area (TPSA) is 147 Å². The van der Waals surface area contributed by atoms with Crippen molar-refractivity contribution in [2.75, 3.05) is 13.1 Å². The molecule has 0 aromatic rings. The zero-order valence-corrected chi connectivity index (χ0v) is 15.8. The van der Waals surface area contributed by atoms with Gasteiger partial charge in [-0.1, -0.05) is 13.8 Å². The SMILES string of the molecule is CCCC(=O)Cl.CCCC(=O)NCCCC(=O)O.NCCCC(=O)O. The molecule has 0 aliphatic heterocycles. The summed E-state index contributed by atoms with van der Waals surface area (Å²) in [4.78, 5) is 40.4. The molecule has 1 amide bonds. The molecule has 0 aromatic carbocycles. The highest BCUT2D eigenvalue weighted by Gasteiger charge is 1.99. The lowest BCUT2D eigenvalue weighted by Gasteiger charge is -2.01. The number of nitrogens with one attached hydrogen (secondary N) is 1. The molecule has 0 aliphatic rings. The molecule has 148 valence electrons.